The third-order valence-electron chi connectivity index (χ3n) is 3.94. The Morgan fingerprint density at radius 1 is 1.11 bits per heavy atom. The van der Waals surface area contributed by atoms with Gasteiger partial charge in [0.05, 0.1) is 16.3 Å². The Morgan fingerprint density at radius 3 is 2.75 bits per heavy atom. The highest BCUT2D eigenvalue weighted by Gasteiger charge is 2.13. The summed E-state index contributed by atoms with van der Waals surface area (Å²) in [6.45, 7) is 0. The van der Waals surface area contributed by atoms with Gasteiger partial charge in [0.1, 0.15) is 5.52 Å². The fourth-order valence-corrected chi connectivity index (χ4v) is 3.92. The number of anilines is 1. The minimum Gasteiger partial charge on any atom is -0.436 e. The summed E-state index contributed by atoms with van der Waals surface area (Å²) in [6.07, 6.45) is 0. The van der Waals surface area contributed by atoms with Crippen LogP contribution < -0.4 is 5.32 Å². The number of carbonyl (C=O) groups excluding carboxylic acids is 1. The van der Waals surface area contributed by atoms with E-state index in [1.165, 1.54) is 11.8 Å². The molecule has 0 aliphatic rings. The van der Waals surface area contributed by atoms with Crippen molar-refractivity contribution in [3.63, 3.8) is 0 Å². The van der Waals surface area contributed by atoms with Gasteiger partial charge in [-0.3, -0.25) is 4.79 Å². The normalized spacial score (nSPS) is 10.9. The van der Waals surface area contributed by atoms with Gasteiger partial charge < -0.3 is 9.73 Å². The number of aromatic nitrogens is 1. The van der Waals surface area contributed by atoms with Gasteiger partial charge in [-0.15, -0.1) is 11.8 Å². The summed E-state index contributed by atoms with van der Waals surface area (Å²) in [4.78, 5) is 17.8. The second kappa shape index (κ2) is 8.39. The molecular weight excluding hydrogens is 460 g/mol. The number of carbonyl (C=O) groups is 1. The monoisotopic (exact) mass is 472 g/mol. The van der Waals surface area contributed by atoms with E-state index in [-0.39, 0.29) is 5.91 Å². The van der Waals surface area contributed by atoms with E-state index in [0.717, 1.165) is 9.37 Å². The average molecular weight is 474 g/mol. The van der Waals surface area contributed by atoms with Crippen molar-refractivity contribution in [2.45, 2.75) is 4.90 Å². The van der Waals surface area contributed by atoms with Gasteiger partial charge in [0.15, 0.2) is 5.58 Å². The van der Waals surface area contributed by atoms with E-state index >= 15 is 0 Å². The molecule has 28 heavy (non-hydrogen) atoms. The van der Waals surface area contributed by atoms with E-state index in [1.807, 2.05) is 42.5 Å². The molecule has 3 aromatic carbocycles. The van der Waals surface area contributed by atoms with Gasteiger partial charge in [-0.2, -0.15) is 0 Å². The van der Waals surface area contributed by atoms with Crippen LogP contribution in [0.25, 0.3) is 22.6 Å². The maximum absolute atomic E-state index is 12.2. The molecule has 140 valence electrons. The smallest absolute Gasteiger partial charge is 0.234 e. The molecule has 4 aromatic rings. The standard InChI is InChI=1S/C21H14BrClN2O2S/c22-13-6-8-17(23)16(10-13)21-25-18-11-14(7-9-19(18)27-21)24-20(26)12-28-15-4-2-1-3-5-15/h1-11H,12H2,(H,24,26). The van der Waals surface area contributed by atoms with Crippen LogP contribution in [0.4, 0.5) is 5.69 Å². The molecule has 0 saturated heterocycles. The first-order valence-electron chi connectivity index (χ1n) is 8.42. The van der Waals surface area contributed by atoms with Crippen LogP contribution in [0.1, 0.15) is 0 Å². The Balaban J connectivity index is 1.50. The van der Waals surface area contributed by atoms with Gasteiger partial charge in [0, 0.05) is 15.1 Å². The second-order valence-electron chi connectivity index (χ2n) is 5.98. The first kappa shape index (κ1) is 19.1. The fraction of sp³-hybridized carbons (Fsp3) is 0.0476. The van der Waals surface area contributed by atoms with Crippen LogP contribution in [0.3, 0.4) is 0 Å². The minimum absolute atomic E-state index is 0.0769. The Labute approximate surface area is 179 Å². The van der Waals surface area contributed by atoms with Crippen molar-refractivity contribution in [1.29, 1.82) is 0 Å². The molecule has 0 atom stereocenters. The van der Waals surface area contributed by atoms with Gasteiger partial charge in [0.25, 0.3) is 0 Å². The molecule has 0 aliphatic heterocycles. The molecule has 1 N–H and O–H groups in total. The summed E-state index contributed by atoms with van der Waals surface area (Å²) in [5, 5.41) is 3.46. The van der Waals surface area contributed by atoms with Crippen molar-refractivity contribution in [3.8, 4) is 11.5 Å². The summed E-state index contributed by atoms with van der Waals surface area (Å²) in [7, 11) is 0. The predicted molar refractivity (Wildman–Crippen MR) is 118 cm³/mol. The maximum Gasteiger partial charge on any atom is 0.234 e. The van der Waals surface area contributed by atoms with E-state index in [0.29, 0.717) is 39.0 Å². The molecule has 0 fully saturated rings. The lowest BCUT2D eigenvalue weighted by molar-refractivity contribution is -0.113. The number of halogens is 2. The van der Waals surface area contributed by atoms with Gasteiger partial charge in [-0.1, -0.05) is 45.7 Å². The van der Waals surface area contributed by atoms with Crippen molar-refractivity contribution >= 4 is 62.0 Å². The van der Waals surface area contributed by atoms with Crippen LogP contribution in [-0.4, -0.2) is 16.6 Å². The number of amides is 1. The molecule has 0 bridgehead atoms. The number of fused-ring (bicyclic) bond motifs is 1. The first-order chi connectivity index (χ1) is 13.6. The largest absolute Gasteiger partial charge is 0.436 e. The van der Waals surface area contributed by atoms with Crippen molar-refractivity contribution in [2.24, 2.45) is 0 Å². The Hall–Kier alpha value is -2.28. The maximum atomic E-state index is 12.2. The van der Waals surface area contributed by atoms with Crippen LogP contribution in [-0.2, 0) is 4.79 Å². The zero-order chi connectivity index (χ0) is 19.5. The minimum atomic E-state index is -0.0769. The highest BCUT2D eigenvalue weighted by Crippen LogP contribution is 2.33. The number of oxazole rings is 1. The van der Waals surface area contributed by atoms with E-state index in [9.17, 15) is 4.79 Å². The van der Waals surface area contributed by atoms with E-state index in [4.69, 9.17) is 16.0 Å². The van der Waals surface area contributed by atoms with Gasteiger partial charge in [-0.25, -0.2) is 4.98 Å². The summed E-state index contributed by atoms with van der Waals surface area (Å²) < 4.78 is 6.71. The molecule has 4 nitrogen and oxygen atoms in total. The molecule has 0 aliphatic carbocycles. The van der Waals surface area contributed by atoms with Crippen LogP contribution in [0.5, 0.6) is 0 Å². The predicted octanol–water partition coefficient (Wildman–Crippen LogP) is 6.64. The number of hydrogen-bond acceptors (Lipinski definition) is 4. The van der Waals surface area contributed by atoms with Crippen LogP contribution in [0.15, 0.2) is 80.5 Å². The molecule has 0 unspecified atom stereocenters. The Kier molecular flexibility index (Phi) is 5.71. The molecule has 4 rings (SSSR count). The summed E-state index contributed by atoms with van der Waals surface area (Å²) in [5.41, 5.74) is 2.66. The number of nitrogens with one attached hydrogen (secondary N) is 1. The zero-order valence-electron chi connectivity index (χ0n) is 14.5. The quantitative estimate of drug-likeness (QED) is 0.330. The molecule has 1 heterocycles. The third-order valence-corrected chi connectivity index (χ3v) is 5.78. The summed E-state index contributed by atoms with van der Waals surface area (Å²) in [5.74, 6) is 0.691. The highest BCUT2D eigenvalue weighted by atomic mass is 79.9. The lowest BCUT2D eigenvalue weighted by Crippen LogP contribution is -2.13. The number of rotatable bonds is 5. The fourth-order valence-electron chi connectivity index (χ4n) is 2.64. The first-order valence-corrected chi connectivity index (χ1v) is 10.6. The number of nitrogens with zero attached hydrogens (tertiary/aromatic N) is 1. The van der Waals surface area contributed by atoms with E-state index < -0.39 is 0 Å². The Morgan fingerprint density at radius 2 is 1.93 bits per heavy atom. The molecule has 1 amide bonds. The molecule has 0 spiro atoms. The zero-order valence-corrected chi connectivity index (χ0v) is 17.6. The van der Waals surface area contributed by atoms with E-state index in [1.54, 1.807) is 24.3 Å². The van der Waals surface area contributed by atoms with Crippen molar-refractivity contribution < 1.29 is 9.21 Å². The van der Waals surface area contributed by atoms with Crippen molar-refractivity contribution in [2.75, 3.05) is 11.1 Å². The molecular formula is C21H14BrClN2O2S. The number of thioether (sulfide) groups is 1. The van der Waals surface area contributed by atoms with Gasteiger partial charge >= 0.3 is 0 Å². The molecule has 7 heteroatoms. The third kappa shape index (κ3) is 4.41. The average Bonchev–Trinajstić information content (AvgIpc) is 3.12. The second-order valence-corrected chi connectivity index (χ2v) is 8.35. The molecule has 0 saturated carbocycles. The van der Waals surface area contributed by atoms with Gasteiger partial charge in [-0.05, 0) is 48.5 Å². The SMILES string of the molecule is O=C(CSc1ccccc1)Nc1ccc2oc(-c3cc(Br)ccc3Cl)nc2c1. The van der Waals surface area contributed by atoms with E-state index in [2.05, 4.69) is 26.2 Å². The molecule has 0 radical (unpaired) electrons. The highest BCUT2D eigenvalue weighted by molar-refractivity contribution is 9.10. The Bertz CT molecular complexity index is 1150. The van der Waals surface area contributed by atoms with Crippen LogP contribution in [0.2, 0.25) is 5.02 Å². The van der Waals surface area contributed by atoms with Crippen LogP contribution >= 0.6 is 39.3 Å². The lowest BCUT2D eigenvalue weighted by Gasteiger charge is -2.04. The summed E-state index contributed by atoms with van der Waals surface area (Å²) >= 11 is 11.2. The summed E-state index contributed by atoms with van der Waals surface area (Å²) in [6, 6.07) is 20.7. The lowest BCUT2D eigenvalue weighted by atomic mass is 10.2. The topological polar surface area (TPSA) is 55.1 Å². The van der Waals surface area contributed by atoms with Crippen molar-refractivity contribution in [1.82, 2.24) is 4.98 Å². The van der Waals surface area contributed by atoms with Crippen LogP contribution in [0, 0.1) is 0 Å². The molecule has 1 aromatic heterocycles. The van der Waals surface area contributed by atoms with Gasteiger partial charge in [0.2, 0.25) is 11.8 Å². The van der Waals surface area contributed by atoms with Crippen molar-refractivity contribution in [3.05, 3.63) is 76.2 Å². The number of benzene rings is 3. The number of hydrogen-bond donors (Lipinski definition) is 1.